The lowest BCUT2D eigenvalue weighted by molar-refractivity contribution is -0.384. The second kappa shape index (κ2) is 9.91. The molecule has 0 aliphatic heterocycles. The van der Waals surface area contributed by atoms with Crippen molar-refractivity contribution in [2.45, 2.75) is 12.8 Å². The number of fused-ring (bicyclic) bond motifs is 1. The minimum Gasteiger partial charge on any atom is -0.396 e. The normalized spacial score (nSPS) is 10.6. The van der Waals surface area contributed by atoms with Gasteiger partial charge in [-0.15, -0.1) is 0 Å². The van der Waals surface area contributed by atoms with Crippen LogP contribution in [0.15, 0.2) is 66.7 Å². The summed E-state index contributed by atoms with van der Waals surface area (Å²) < 4.78 is 0. The predicted octanol–water partition coefficient (Wildman–Crippen LogP) is 4.04. The van der Waals surface area contributed by atoms with Gasteiger partial charge < -0.3 is 10.0 Å². The Morgan fingerprint density at radius 1 is 1.03 bits per heavy atom. The molecule has 8 heteroatoms. The van der Waals surface area contributed by atoms with E-state index in [1.165, 1.54) is 24.3 Å². The number of benzene rings is 3. The van der Waals surface area contributed by atoms with Crippen LogP contribution in [0, 0.1) is 10.1 Å². The summed E-state index contributed by atoms with van der Waals surface area (Å²) in [4.78, 5) is 24.8. The lowest BCUT2D eigenvalue weighted by atomic mass is 10.1. The van der Waals surface area contributed by atoms with E-state index in [0.29, 0.717) is 19.4 Å². The van der Waals surface area contributed by atoms with Crippen LogP contribution in [0.1, 0.15) is 23.2 Å². The van der Waals surface area contributed by atoms with Gasteiger partial charge in [-0.05, 0) is 48.6 Å². The van der Waals surface area contributed by atoms with E-state index in [9.17, 15) is 14.9 Å². The van der Waals surface area contributed by atoms with Crippen molar-refractivity contribution in [3.05, 3.63) is 82.4 Å². The van der Waals surface area contributed by atoms with Crippen molar-refractivity contribution >= 4 is 45.4 Å². The minimum absolute atomic E-state index is 0.0747. The Hall–Kier alpha value is -3.36. The van der Waals surface area contributed by atoms with Gasteiger partial charge >= 0.3 is 0 Å². The SMILES string of the molecule is O=C(NC(=S)N(CCCCO)c1cccc2ccccc12)c1ccc([N+](=O)[O-])cc1. The molecule has 0 saturated carbocycles. The molecular formula is C22H21N3O4S. The molecule has 3 rings (SSSR count). The number of unbranched alkanes of at least 4 members (excludes halogenated alkanes) is 1. The summed E-state index contributed by atoms with van der Waals surface area (Å²) in [5.74, 6) is -0.442. The molecule has 0 bridgehead atoms. The molecular weight excluding hydrogens is 402 g/mol. The number of aliphatic hydroxyl groups excluding tert-OH is 1. The molecule has 7 nitrogen and oxygen atoms in total. The molecule has 0 aliphatic rings. The van der Waals surface area contributed by atoms with Crippen LogP contribution < -0.4 is 10.2 Å². The quantitative estimate of drug-likeness (QED) is 0.258. The highest BCUT2D eigenvalue weighted by molar-refractivity contribution is 7.80. The highest BCUT2D eigenvalue weighted by atomic mass is 32.1. The van der Waals surface area contributed by atoms with Gasteiger partial charge in [0.15, 0.2) is 5.11 Å². The van der Waals surface area contributed by atoms with E-state index in [0.717, 1.165) is 16.5 Å². The Morgan fingerprint density at radius 2 is 1.73 bits per heavy atom. The number of anilines is 1. The standard InChI is InChI=1S/C22H21N3O4S/c26-15-4-3-14-24(20-9-5-7-16-6-1-2-8-19(16)20)22(30)23-21(27)17-10-12-18(13-11-17)25(28)29/h1-2,5-13,26H,3-4,14-15H2,(H,23,27,30). The summed E-state index contributed by atoms with van der Waals surface area (Å²) >= 11 is 5.54. The maximum Gasteiger partial charge on any atom is 0.269 e. The van der Waals surface area contributed by atoms with Gasteiger partial charge in [-0.25, -0.2) is 0 Å². The van der Waals surface area contributed by atoms with Crippen molar-refractivity contribution in [2.24, 2.45) is 0 Å². The molecule has 3 aromatic carbocycles. The third-order valence-electron chi connectivity index (χ3n) is 4.65. The number of aliphatic hydroxyl groups is 1. The van der Waals surface area contributed by atoms with Crippen LogP contribution in [0.25, 0.3) is 10.8 Å². The fraction of sp³-hybridized carbons (Fsp3) is 0.182. The Labute approximate surface area is 179 Å². The van der Waals surface area contributed by atoms with Crippen LogP contribution in [0.4, 0.5) is 11.4 Å². The van der Waals surface area contributed by atoms with Crippen LogP contribution in [-0.2, 0) is 0 Å². The van der Waals surface area contributed by atoms with E-state index in [4.69, 9.17) is 17.3 Å². The molecule has 0 aromatic heterocycles. The van der Waals surface area contributed by atoms with E-state index in [1.807, 2.05) is 47.4 Å². The first-order valence-electron chi connectivity index (χ1n) is 9.47. The summed E-state index contributed by atoms with van der Waals surface area (Å²) in [6, 6.07) is 19.1. The highest BCUT2D eigenvalue weighted by Crippen LogP contribution is 2.27. The number of thiocarbonyl (C=S) groups is 1. The smallest absolute Gasteiger partial charge is 0.269 e. The third kappa shape index (κ3) is 4.97. The lowest BCUT2D eigenvalue weighted by Crippen LogP contribution is -2.43. The van der Waals surface area contributed by atoms with Gasteiger partial charge in [0.05, 0.1) is 10.6 Å². The first-order chi connectivity index (χ1) is 14.5. The van der Waals surface area contributed by atoms with Crippen molar-refractivity contribution in [2.75, 3.05) is 18.1 Å². The monoisotopic (exact) mass is 423 g/mol. The molecule has 0 spiro atoms. The topological polar surface area (TPSA) is 95.7 Å². The van der Waals surface area contributed by atoms with E-state index in [2.05, 4.69) is 5.32 Å². The molecule has 0 heterocycles. The molecule has 0 radical (unpaired) electrons. The molecule has 154 valence electrons. The zero-order chi connectivity index (χ0) is 21.5. The first-order valence-corrected chi connectivity index (χ1v) is 9.88. The van der Waals surface area contributed by atoms with Crippen molar-refractivity contribution in [1.29, 1.82) is 0 Å². The first kappa shape index (κ1) is 21.4. The average molecular weight is 423 g/mol. The molecule has 0 unspecified atom stereocenters. The Bertz CT molecular complexity index is 1060. The Kier molecular flexibility index (Phi) is 7.05. The summed E-state index contributed by atoms with van der Waals surface area (Å²) in [7, 11) is 0. The van der Waals surface area contributed by atoms with Crippen LogP contribution in [0.3, 0.4) is 0 Å². The average Bonchev–Trinajstić information content (AvgIpc) is 2.76. The molecule has 2 N–H and O–H groups in total. The van der Waals surface area contributed by atoms with Crippen molar-refractivity contribution in [3.63, 3.8) is 0 Å². The Morgan fingerprint density at radius 3 is 2.43 bits per heavy atom. The largest absolute Gasteiger partial charge is 0.396 e. The number of hydrogen-bond acceptors (Lipinski definition) is 5. The van der Waals surface area contributed by atoms with Gasteiger partial charge in [-0.3, -0.25) is 20.2 Å². The van der Waals surface area contributed by atoms with Gasteiger partial charge in [-0.2, -0.15) is 0 Å². The van der Waals surface area contributed by atoms with Gasteiger partial charge in [0.2, 0.25) is 0 Å². The number of nitro groups is 1. The summed E-state index contributed by atoms with van der Waals surface area (Å²) in [5.41, 5.74) is 1.05. The van der Waals surface area contributed by atoms with Crippen molar-refractivity contribution in [1.82, 2.24) is 5.32 Å². The second-order valence-electron chi connectivity index (χ2n) is 6.64. The molecule has 30 heavy (non-hydrogen) atoms. The molecule has 0 fully saturated rings. The fourth-order valence-corrected chi connectivity index (χ4v) is 3.41. The number of amides is 1. The minimum atomic E-state index is -0.518. The van der Waals surface area contributed by atoms with Crippen molar-refractivity contribution in [3.8, 4) is 0 Å². The molecule has 0 saturated heterocycles. The number of nitrogens with zero attached hydrogens (tertiary/aromatic N) is 2. The molecule has 0 atom stereocenters. The summed E-state index contributed by atoms with van der Waals surface area (Å²) in [6.07, 6.45) is 1.30. The molecule has 1 amide bonds. The van der Waals surface area contributed by atoms with Crippen LogP contribution in [0.5, 0.6) is 0 Å². The van der Waals surface area contributed by atoms with Gasteiger partial charge in [0, 0.05) is 36.2 Å². The van der Waals surface area contributed by atoms with Crippen LogP contribution in [0.2, 0.25) is 0 Å². The zero-order valence-corrected chi connectivity index (χ0v) is 17.0. The second-order valence-corrected chi connectivity index (χ2v) is 7.03. The fourth-order valence-electron chi connectivity index (χ4n) is 3.13. The molecule has 0 aliphatic carbocycles. The zero-order valence-electron chi connectivity index (χ0n) is 16.2. The number of carbonyl (C=O) groups is 1. The maximum absolute atomic E-state index is 12.6. The van der Waals surface area contributed by atoms with Gasteiger partial charge in [0.25, 0.3) is 11.6 Å². The van der Waals surface area contributed by atoms with E-state index in [1.54, 1.807) is 0 Å². The number of non-ortho nitro benzene ring substituents is 1. The predicted molar refractivity (Wildman–Crippen MR) is 121 cm³/mol. The number of nitrogens with one attached hydrogen (secondary N) is 1. The lowest BCUT2D eigenvalue weighted by Gasteiger charge is -2.27. The third-order valence-corrected chi connectivity index (χ3v) is 4.98. The highest BCUT2D eigenvalue weighted by Gasteiger charge is 2.18. The Balaban J connectivity index is 1.85. The summed E-state index contributed by atoms with van der Waals surface area (Å²) in [5, 5.41) is 24.9. The van der Waals surface area contributed by atoms with E-state index in [-0.39, 0.29) is 23.0 Å². The number of rotatable bonds is 7. The van der Waals surface area contributed by atoms with Crippen molar-refractivity contribution < 1.29 is 14.8 Å². The summed E-state index contributed by atoms with van der Waals surface area (Å²) in [6.45, 7) is 0.596. The number of hydrogen-bond donors (Lipinski definition) is 2. The van der Waals surface area contributed by atoms with Crippen LogP contribution >= 0.6 is 12.2 Å². The van der Waals surface area contributed by atoms with Gasteiger partial charge in [0.1, 0.15) is 0 Å². The molecule has 3 aromatic rings. The van der Waals surface area contributed by atoms with Crippen LogP contribution in [-0.4, -0.2) is 34.2 Å². The van der Waals surface area contributed by atoms with E-state index >= 15 is 0 Å². The number of carbonyl (C=O) groups excluding carboxylic acids is 1. The van der Waals surface area contributed by atoms with Gasteiger partial charge in [-0.1, -0.05) is 36.4 Å². The van der Waals surface area contributed by atoms with E-state index < -0.39 is 10.8 Å². The number of nitro benzene ring substituents is 1. The maximum atomic E-state index is 12.6.